The summed E-state index contributed by atoms with van der Waals surface area (Å²) >= 11 is 0. The van der Waals surface area contributed by atoms with E-state index < -0.39 is 0 Å². The Labute approximate surface area is 161 Å². The molecule has 2 aromatic rings. The quantitative estimate of drug-likeness (QED) is 0.887. The highest BCUT2D eigenvalue weighted by molar-refractivity contribution is 5.26. The van der Waals surface area contributed by atoms with Gasteiger partial charge in [0.15, 0.2) is 5.82 Å². The Bertz CT molecular complexity index is 768. The molecule has 4 saturated carbocycles. The molecule has 6 rings (SSSR count). The lowest BCUT2D eigenvalue weighted by Crippen LogP contribution is -2.59. The third-order valence-electron chi connectivity index (χ3n) is 7.01. The van der Waals surface area contributed by atoms with Crippen LogP contribution in [0.15, 0.2) is 30.3 Å². The van der Waals surface area contributed by atoms with E-state index in [1.807, 2.05) is 4.68 Å². The molecule has 1 aromatic heterocycles. The van der Waals surface area contributed by atoms with Gasteiger partial charge in [-0.25, -0.2) is 4.68 Å². The van der Waals surface area contributed by atoms with E-state index in [4.69, 9.17) is 0 Å². The molecule has 0 saturated heterocycles. The van der Waals surface area contributed by atoms with E-state index in [-0.39, 0.29) is 17.1 Å². The van der Waals surface area contributed by atoms with Gasteiger partial charge in [-0.15, -0.1) is 5.10 Å². The van der Waals surface area contributed by atoms with E-state index in [9.17, 15) is 0 Å². The van der Waals surface area contributed by atoms with Crippen molar-refractivity contribution in [2.24, 2.45) is 17.8 Å². The summed E-state index contributed by atoms with van der Waals surface area (Å²) in [6.45, 7) is 6.50. The van der Waals surface area contributed by atoms with Gasteiger partial charge in [0.05, 0.1) is 11.6 Å². The summed E-state index contributed by atoms with van der Waals surface area (Å²) in [6.07, 6.45) is 8.32. The summed E-state index contributed by atoms with van der Waals surface area (Å²) in [5, 5.41) is 17.0. The van der Waals surface area contributed by atoms with Crippen LogP contribution in [0.3, 0.4) is 0 Å². The SMILES string of the molecule is CC(C)(C)n1nnnc1C(NC12CC3CC(CC(C3)C1)C2)c1ccccc1. The fourth-order valence-corrected chi connectivity index (χ4v) is 6.39. The van der Waals surface area contributed by atoms with Crippen molar-refractivity contribution < 1.29 is 0 Å². The minimum atomic E-state index is -0.144. The van der Waals surface area contributed by atoms with E-state index in [2.05, 4.69) is 71.9 Å². The molecule has 144 valence electrons. The normalized spacial score (nSPS) is 33.4. The highest BCUT2D eigenvalue weighted by Gasteiger charge is 2.52. The number of hydrogen-bond donors (Lipinski definition) is 1. The maximum Gasteiger partial charge on any atom is 0.173 e. The van der Waals surface area contributed by atoms with Gasteiger partial charge in [0.25, 0.3) is 0 Å². The molecule has 0 amide bonds. The molecule has 1 aromatic carbocycles. The highest BCUT2D eigenvalue weighted by Crippen LogP contribution is 2.56. The van der Waals surface area contributed by atoms with Crippen LogP contribution in [-0.4, -0.2) is 25.7 Å². The monoisotopic (exact) mass is 365 g/mol. The van der Waals surface area contributed by atoms with Gasteiger partial charge in [-0.2, -0.15) is 0 Å². The molecule has 5 heteroatoms. The lowest BCUT2D eigenvalue weighted by atomic mass is 9.53. The summed E-state index contributed by atoms with van der Waals surface area (Å²) in [6, 6.07) is 10.8. The predicted molar refractivity (Wildman–Crippen MR) is 105 cm³/mol. The maximum atomic E-state index is 4.50. The third kappa shape index (κ3) is 3.10. The molecule has 0 spiro atoms. The van der Waals surface area contributed by atoms with Crippen LogP contribution in [-0.2, 0) is 5.54 Å². The Kier molecular flexibility index (Phi) is 3.94. The van der Waals surface area contributed by atoms with Gasteiger partial charge >= 0.3 is 0 Å². The van der Waals surface area contributed by atoms with Crippen molar-refractivity contribution in [3.63, 3.8) is 0 Å². The summed E-state index contributed by atoms with van der Waals surface area (Å²) < 4.78 is 2.00. The van der Waals surface area contributed by atoms with E-state index >= 15 is 0 Å². The van der Waals surface area contributed by atoms with Gasteiger partial charge < -0.3 is 0 Å². The first-order valence-corrected chi connectivity index (χ1v) is 10.5. The van der Waals surface area contributed by atoms with Gasteiger partial charge in [-0.05, 0) is 93.0 Å². The molecule has 4 aliphatic carbocycles. The zero-order valence-corrected chi connectivity index (χ0v) is 16.7. The smallest absolute Gasteiger partial charge is 0.173 e. The lowest BCUT2D eigenvalue weighted by molar-refractivity contribution is -0.0241. The number of nitrogens with one attached hydrogen (secondary N) is 1. The molecule has 0 aliphatic heterocycles. The first kappa shape index (κ1) is 17.4. The Hall–Kier alpha value is -1.75. The molecule has 4 fully saturated rings. The summed E-state index contributed by atoms with van der Waals surface area (Å²) in [5.41, 5.74) is 1.37. The van der Waals surface area contributed by atoms with Crippen molar-refractivity contribution in [3.8, 4) is 0 Å². The molecule has 1 heterocycles. The van der Waals surface area contributed by atoms with Gasteiger partial charge in [0.2, 0.25) is 0 Å². The van der Waals surface area contributed by atoms with Crippen molar-refractivity contribution in [1.29, 1.82) is 0 Å². The van der Waals surface area contributed by atoms with E-state index in [0.717, 1.165) is 23.6 Å². The second kappa shape index (κ2) is 6.13. The Balaban J connectivity index is 1.53. The molecule has 1 atom stereocenters. The van der Waals surface area contributed by atoms with Crippen molar-refractivity contribution >= 4 is 0 Å². The van der Waals surface area contributed by atoms with Crippen LogP contribution < -0.4 is 5.32 Å². The van der Waals surface area contributed by atoms with Crippen LogP contribution in [0.1, 0.15) is 76.7 Å². The highest BCUT2D eigenvalue weighted by atomic mass is 15.6. The average molecular weight is 366 g/mol. The summed E-state index contributed by atoms with van der Waals surface area (Å²) in [5.74, 6) is 3.68. The number of tetrazole rings is 1. The average Bonchev–Trinajstić information content (AvgIpc) is 3.09. The molecular weight excluding hydrogens is 334 g/mol. The Morgan fingerprint density at radius 2 is 1.59 bits per heavy atom. The van der Waals surface area contributed by atoms with Crippen molar-refractivity contribution in [1.82, 2.24) is 25.5 Å². The van der Waals surface area contributed by atoms with Gasteiger partial charge in [-0.1, -0.05) is 30.3 Å². The molecule has 1 N–H and O–H groups in total. The van der Waals surface area contributed by atoms with Crippen LogP contribution >= 0.6 is 0 Å². The van der Waals surface area contributed by atoms with E-state index in [1.54, 1.807) is 0 Å². The molecule has 5 nitrogen and oxygen atoms in total. The van der Waals surface area contributed by atoms with Gasteiger partial charge in [-0.3, -0.25) is 5.32 Å². The number of hydrogen-bond acceptors (Lipinski definition) is 4. The van der Waals surface area contributed by atoms with Crippen molar-refractivity contribution in [3.05, 3.63) is 41.7 Å². The maximum absolute atomic E-state index is 4.50. The predicted octanol–water partition coefficient (Wildman–Crippen LogP) is 4.08. The van der Waals surface area contributed by atoms with Crippen molar-refractivity contribution in [2.75, 3.05) is 0 Å². The van der Waals surface area contributed by atoms with Crippen LogP contribution in [0.4, 0.5) is 0 Å². The van der Waals surface area contributed by atoms with Crippen molar-refractivity contribution in [2.45, 2.75) is 76.4 Å². The molecule has 4 bridgehead atoms. The second-order valence-electron chi connectivity index (χ2n) is 10.3. The zero-order valence-electron chi connectivity index (χ0n) is 16.7. The molecule has 1 unspecified atom stereocenters. The van der Waals surface area contributed by atoms with Gasteiger partial charge in [0.1, 0.15) is 0 Å². The summed E-state index contributed by atoms with van der Waals surface area (Å²) in [7, 11) is 0. The largest absolute Gasteiger partial charge is 0.298 e. The first-order chi connectivity index (χ1) is 12.9. The van der Waals surface area contributed by atoms with E-state index in [1.165, 1.54) is 44.1 Å². The third-order valence-corrected chi connectivity index (χ3v) is 7.01. The first-order valence-electron chi connectivity index (χ1n) is 10.5. The molecule has 4 aliphatic rings. The molecule has 27 heavy (non-hydrogen) atoms. The number of aromatic nitrogens is 4. The lowest BCUT2D eigenvalue weighted by Gasteiger charge is -2.58. The van der Waals surface area contributed by atoms with Crippen LogP contribution in [0.5, 0.6) is 0 Å². The minimum Gasteiger partial charge on any atom is -0.298 e. The fraction of sp³-hybridized carbons (Fsp3) is 0.682. The Morgan fingerprint density at radius 3 is 2.15 bits per heavy atom. The van der Waals surface area contributed by atoms with Crippen LogP contribution in [0.2, 0.25) is 0 Å². The fourth-order valence-electron chi connectivity index (χ4n) is 6.39. The zero-order chi connectivity index (χ0) is 18.6. The topological polar surface area (TPSA) is 55.6 Å². The Morgan fingerprint density at radius 1 is 1.00 bits per heavy atom. The number of benzene rings is 1. The minimum absolute atomic E-state index is 0.0386. The van der Waals surface area contributed by atoms with Gasteiger partial charge in [0, 0.05) is 5.54 Å². The molecular formula is C22H31N5. The van der Waals surface area contributed by atoms with Crippen LogP contribution in [0.25, 0.3) is 0 Å². The number of nitrogens with zero attached hydrogens (tertiary/aromatic N) is 4. The van der Waals surface area contributed by atoms with Crippen LogP contribution in [0, 0.1) is 17.8 Å². The standard InChI is InChI=1S/C22H31N5/c1-21(2,3)27-20(24-25-26-27)19(18-7-5-4-6-8-18)23-22-12-15-9-16(13-22)11-17(10-15)14-22/h4-8,15-17,19,23H,9-14H2,1-3H3. The van der Waals surface area contributed by atoms with E-state index in [0.29, 0.717) is 0 Å². The summed E-state index contributed by atoms with van der Waals surface area (Å²) in [4.78, 5) is 0. The number of rotatable bonds is 4. The second-order valence-corrected chi connectivity index (χ2v) is 10.3. The molecule has 0 radical (unpaired) electrons.